The fraction of sp³-hybridized carbons (Fsp3) is 0.250. The van der Waals surface area contributed by atoms with Crippen molar-refractivity contribution in [3.05, 3.63) is 83.5 Å². The van der Waals surface area contributed by atoms with Crippen LogP contribution in [0.1, 0.15) is 32.3 Å². The second kappa shape index (κ2) is 15.3. The van der Waals surface area contributed by atoms with Gasteiger partial charge in [-0.15, -0.1) is 12.8 Å². The maximum atomic E-state index is 11.8. The van der Waals surface area contributed by atoms with Crippen LogP contribution < -0.4 is 0 Å². The summed E-state index contributed by atoms with van der Waals surface area (Å²) >= 11 is 0. The molecule has 2 aliphatic carbocycles. The van der Waals surface area contributed by atoms with E-state index in [1.165, 1.54) is 29.3 Å². The molecule has 0 saturated heterocycles. The third-order valence-electron chi connectivity index (χ3n) is 2.75. The Morgan fingerprint density at radius 1 is 1.04 bits per heavy atom. The van der Waals surface area contributed by atoms with Gasteiger partial charge in [-0.05, 0) is 0 Å². The van der Waals surface area contributed by atoms with Crippen molar-refractivity contribution in [3.63, 3.8) is 0 Å². The quantitative estimate of drug-likeness (QED) is 0.257. The molecule has 6 heteroatoms. The van der Waals surface area contributed by atoms with Gasteiger partial charge in [-0.1, -0.05) is 19.4 Å². The summed E-state index contributed by atoms with van der Waals surface area (Å²) in [6.07, 6.45) is 13.2. The molecule has 0 aliphatic heterocycles. The normalized spacial score (nSPS) is 13.3. The first kappa shape index (κ1) is 26.3. The Kier molecular flexibility index (Phi) is 15.5. The topological polar surface area (TPSA) is 40.9 Å². The average Bonchev–Trinajstić information content (AvgIpc) is 3.23. The van der Waals surface area contributed by atoms with Crippen LogP contribution in [-0.4, -0.2) is 6.08 Å². The van der Waals surface area contributed by atoms with Crippen LogP contribution in [0, 0.1) is 23.6 Å². The fourth-order valence-corrected chi connectivity index (χ4v) is 1.60. The van der Waals surface area contributed by atoms with Crippen LogP contribution in [-0.2, 0) is 32.7 Å². The van der Waals surface area contributed by atoms with Crippen LogP contribution in [0.3, 0.4) is 0 Å². The number of benzene rings is 1. The average molecular weight is 394 g/mol. The summed E-state index contributed by atoms with van der Waals surface area (Å²) in [5.74, 6) is 0. The number of hydrogen-bond donors (Lipinski definition) is 1. The van der Waals surface area contributed by atoms with Gasteiger partial charge in [0.25, 0.3) is 0 Å². The molecular weight excluding hydrogens is 375 g/mol. The summed E-state index contributed by atoms with van der Waals surface area (Å²) in [5, 5.41) is 5.40. The molecule has 1 radical (unpaired) electrons. The molecule has 3 rings (SSSR count). The van der Waals surface area contributed by atoms with E-state index in [2.05, 4.69) is 56.4 Å². The maximum absolute atomic E-state index is 11.8. The van der Waals surface area contributed by atoms with E-state index in [-0.39, 0.29) is 21.7 Å². The van der Waals surface area contributed by atoms with Crippen molar-refractivity contribution in [2.24, 2.45) is 0 Å². The predicted molar refractivity (Wildman–Crippen MR) is 91.1 cm³/mol. The molecule has 0 bridgehead atoms. The molecule has 1 aromatic carbocycles. The van der Waals surface area contributed by atoms with Crippen molar-refractivity contribution in [1.82, 2.24) is 0 Å². The Labute approximate surface area is 167 Å². The Morgan fingerprint density at radius 2 is 1.50 bits per heavy atom. The van der Waals surface area contributed by atoms with Crippen molar-refractivity contribution in [2.45, 2.75) is 32.9 Å². The van der Waals surface area contributed by atoms with Gasteiger partial charge in [0.2, 0.25) is 6.08 Å². The molecule has 0 heterocycles. The Bertz CT molecular complexity index is 620. The van der Waals surface area contributed by atoms with Crippen LogP contribution in [0.15, 0.2) is 59.7 Å². The van der Waals surface area contributed by atoms with Gasteiger partial charge < -0.3 is 0 Å². The molecule has 0 amide bonds. The number of rotatable bonds is 0. The second-order valence-electron chi connectivity index (χ2n) is 4.81. The van der Waals surface area contributed by atoms with Gasteiger partial charge in [-0.25, -0.2) is 33.5 Å². The number of alkyl halides is 3. The first-order chi connectivity index (χ1) is 11.8. The Morgan fingerprint density at radius 3 is 1.65 bits per heavy atom. The Hall–Kier alpha value is -1.94. The summed E-state index contributed by atoms with van der Waals surface area (Å²) in [5.41, 5.74) is 1.82. The number of carbonyl (C=O) groups excluding carboxylic acids is 1. The molecule has 1 N–H and O–H groups in total. The van der Waals surface area contributed by atoms with E-state index >= 15 is 0 Å². The number of allylic oxidation sites excluding steroid dienone is 8. The van der Waals surface area contributed by atoms with Gasteiger partial charge in [0.05, 0.1) is 0 Å². The molecule has 0 aromatic heterocycles. The zero-order chi connectivity index (χ0) is 19.1. The standard InChI is InChI=1S/C7H4F3.2C6H7.CHNO.Ti/c8-7(9,10)6-4-2-1-3-5-6;2*1-6-4-2-3-5-6;2-1-3;/h1-4H;2*2,4H,3H2,1H3;2H;/q3*-1;;+3. The van der Waals surface area contributed by atoms with E-state index in [0.717, 1.165) is 25.0 Å². The Balaban J connectivity index is 0. The first-order valence-corrected chi connectivity index (χ1v) is 7.37. The number of nitrogens with one attached hydrogen (secondary N) is 1. The van der Waals surface area contributed by atoms with E-state index in [0.29, 0.717) is 0 Å². The largest absolute Gasteiger partial charge is 3.00 e. The van der Waals surface area contributed by atoms with Crippen LogP contribution in [0.2, 0.25) is 0 Å². The molecule has 26 heavy (non-hydrogen) atoms. The number of halogens is 3. The summed E-state index contributed by atoms with van der Waals surface area (Å²) in [7, 11) is 0. The maximum Gasteiger partial charge on any atom is 3.00 e. The number of isocyanates is 1. The van der Waals surface area contributed by atoms with E-state index in [9.17, 15) is 13.2 Å². The molecule has 2 aliphatic rings. The van der Waals surface area contributed by atoms with E-state index in [1.807, 2.05) is 0 Å². The summed E-state index contributed by atoms with van der Waals surface area (Å²) in [6, 6.07) is 7.14. The minimum atomic E-state index is -4.26. The van der Waals surface area contributed by atoms with E-state index in [4.69, 9.17) is 10.2 Å². The van der Waals surface area contributed by atoms with Gasteiger partial charge in [-0.2, -0.15) is 55.7 Å². The van der Waals surface area contributed by atoms with Crippen LogP contribution in [0.5, 0.6) is 0 Å². The predicted octanol–water partition coefficient (Wildman–Crippen LogP) is 5.80. The number of hydrogen-bond acceptors (Lipinski definition) is 2. The minimum absolute atomic E-state index is 0. The van der Waals surface area contributed by atoms with Crippen molar-refractivity contribution in [3.8, 4) is 0 Å². The zero-order valence-electron chi connectivity index (χ0n) is 14.6. The third kappa shape index (κ3) is 14.4. The van der Waals surface area contributed by atoms with Gasteiger partial charge in [0, 0.05) is 0 Å². The molecular formula is C20H19F3NOTi. The van der Waals surface area contributed by atoms with Crippen molar-refractivity contribution in [2.75, 3.05) is 0 Å². The SMILES string of the molecule is CC1=[C-]CC=C1.CC1=[C-]CC=C1.FC(F)(F)c1[c-]cccc1.N=C=O.[Ti+3]. The smallest absolute Gasteiger partial charge is 0.270 e. The van der Waals surface area contributed by atoms with Gasteiger partial charge in [0.1, 0.15) is 0 Å². The third-order valence-corrected chi connectivity index (χ3v) is 2.75. The summed E-state index contributed by atoms with van der Waals surface area (Å²) in [6.45, 7) is 4.12. The molecule has 1 aromatic rings. The molecule has 135 valence electrons. The first-order valence-electron chi connectivity index (χ1n) is 7.37. The fourth-order valence-electron chi connectivity index (χ4n) is 1.60. The molecule has 0 spiro atoms. The minimum Gasteiger partial charge on any atom is -0.270 e. The second-order valence-corrected chi connectivity index (χ2v) is 4.81. The van der Waals surface area contributed by atoms with Gasteiger partial charge >= 0.3 is 27.9 Å². The zero-order valence-corrected chi connectivity index (χ0v) is 16.1. The molecule has 2 nitrogen and oxygen atoms in total. The molecule has 0 atom stereocenters. The van der Waals surface area contributed by atoms with E-state index < -0.39 is 11.7 Å². The van der Waals surface area contributed by atoms with Crippen LogP contribution in [0.4, 0.5) is 13.2 Å². The molecule has 0 fully saturated rings. The van der Waals surface area contributed by atoms with Gasteiger partial charge in [-0.3, -0.25) is 12.2 Å². The molecule has 0 saturated carbocycles. The summed E-state index contributed by atoms with van der Waals surface area (Å²) < 4.78 is 35.3. The van der Waals surface area contributed by atoms with Crippen molar-refractivity contribution >= 4 is 6.08 Å². The summed E-state index contributed by atoms with van der Waals surface area (Å²) in [4.78, 5) is 8.35. The van der Waals surface area contributed by atoms with Crippen molar-refractivity contribution < 1.29 is 39.7 Å². The van der Waals surface area contributed by atoms with Crippen LogP contribution >= 0.6 is 0 Å². The molecule has 0 unspecified atom stereocenters. The monoisotopic (exact) mass is 394 g/mol. The van der Waals surface area contributed by atoms with Crippen molar-refractivity contribution in [1.29, 1.82) is 5.41 Å². The van der Waals surface area contributed by atoms with E-state index in [1.54, 1.807) is 0 Å². The van der Waals surface area contributed by atoms with Gasteiger partial charge in [0.15, 0.2) is 0 Å². The van der Waals surface area contributed by atoms with Crippen LogP contribution in [0.25, 0.3) is 0 Å².